The molecule has 0 spiro atoms. The number of carboxylic acid groups (broad SMARTS) is 1. The summed E-state index contributed by atoms with van der Waals surface area (Å²) in [5, 5.41) is 10.1. The second-order valence-electron chi connectivity index (χ2n) is 6.84. The van der Waals surface area contributed by atoms with E-state index in [4.69, 9.17) is 9.47 Å². The van der Waals surface area contributed by atoms with Crippen LogP contribution >= 0.6 is 0 Å². The Bertz CT molecular complexity index is 1080. The van der Waals surface area contributed by atoms with E-state index in [2.05, 4.69) is 4.98 Å². The van der Waals surface area contributed by atoms with Crippen molar-refractivity contribution in [3.8, 4) is 5.75 Å². The number of carbonyl (C=O) groups is 2. The van der Waals surface area contributed by atoms with Crippen LogP contribution in [-0.2, 0) is 11.2 Å². The Morgan fingerprint density at radius 1 is 1.10 bits per heavy atom. The summed E-state index contributed by atoms with van der Waals surface area (Å²) in [6.07, 6.45) is 3.72. The molecule has 0 aliphatic rings. The second kappa shape index (κ2) is 9.35. The minimum absolute atomic E-state index is 0.0253. The number of carbonyl (C=O) groups excluding carboxylic acids is 1. The third kappa shape index (κ3) is 4.56. The van der Waals surface area contributed by atoms with E-state index >= 15 is 0 Å². The van der Waals surface area contributed by atoms with Gasteiger partial charge in [0.05, 0.1) is 19.3 Å². The van der Waals surface area contributed by atoms with Gasteiger partial charge in [-0.2, -0.15) is 0 Å². The van der Waals surface area contributed by atoms with Crippen molar-refractivity contribution in [2.24, 2.45) is 0 Å². The van der Waals surface area contributed by atoms with Crippen LogP contribution < -0.4 is 4.74 Å². The number of carboxylic acids is 1. The summed E-state index contributed by atoms with van der Waals surface area (Å²) in [5.74, 6) is -1.99. The monoisotopic (exact) mass is 411 g/mol. The number of methoxy groups -OCH3 is 1. The van der Waals surface area contributed by atoms with Crippen molar-refractivity contribution < 1.29 is 28.6 Å². The van der Waals surface area contributed by atoms with Gasteiger partial charge in [-0.15, -0.1) is 0 Å². The summed E-state index contributed by atoms with van der Waals surface area (Å²) in [5.41, 5.74) is 1.86. The molecule has 3 aromatic rings. The SMILES string of the molecule is CCCCOc1c(C(=O)OC)cc(C(=O)O)c2cc(Cc3ccc(F)cc3)cnc12. The molecule has 0 saturated heterocycles. The van der Waals surface area contributed by atoms with E-state index in [1.807, 2.05) is 6.92 Å². The molecule has 6 nitrogen and oxygen atoms in total. The quantitative estimate of drug-likeness (QED) is 0.430. The minimum Gasteiger partial charge on any atom is -0.490 e. The lowest BCUT2D eigenvalue weighted by Gasteiger charge is -2.15. The average molecular weight is 411 g/mol. The Kier molecular flexibility index (Phi) is 6.61. The molecule has 3 rings (SSSR count). The fourth-order valence-electron chi connectivity index (χ4n) is 3.15. The molecule has 0 aliphatic heterocycles. The number of pyridine rings is 1. The first-order chi connectivity index (χ1) is 14.4. The number of hydrogen-bond acceptors (Lipinski definition) is 5. The molecule has 1 heterocycles. The fraction of sp³-hybridized carbons (Fsp3) is 0.261. The highest BCUT2D eigenvalue weighted by molar-refractivity contribution is 6.09. The van der Waals surface area contributed by atoms with Crippen molar-refractivity contribution in [3.63, 3.8) is 0 Å². The molecule has 2 aromatic carbocycles. The maximum absolute atomic E-state index is 13.2. The Hall–Kier alpha value is -3.48. The first-order valence-corrected chi connectivity index (χ1v) is 9.59. The van der Waals surface area contributed by atoms with Gasteiger partial charge in [-0.1, -0.05) is 25.5 Å². The number of halogens is 1. The highest BCUT2D eigenvalue weighted by atomic mass is 19.1. The van der Waals surface area contributed by atoms with Crippen molar-refractivity contribution in [2.45, 2.75) is 26.2 Å². The van der Waals surface area contributed by atoms with Crippen LogP contribution in [0.4, 0.5) is 4.39 Å². The summed E-state index contributed by atoms with van der Waals surface area (Å²) in [6, 6.07) is 9.04. The van der Waals surface area contributed by atoms with Crippen molar-refractivity contribution in [1.82, 2.24) is 4.98 Å². The molecule has 1 N–H and O–H groups in total. The van der Waals surface area contributed by atoms with Crippen molar-refractivity contribution in [1.29, 1.82) is 0 Å². The number of unbranched alkanes of at least 4 members (excludes halogenated alkanes) is 1. The number of rotatable bonds is 8. The van der Waals surface area contributed by atoms with E-state index in [0.717, 1.165) is 24.0 Å². The van der Waals surface area contributed by atoms with Gasteiger partial charge in [0.15, 0.2) is 5.75 Å². The first-order valence-electron chi connectivity index (χ1n) is 9.59. The summed E-state index contributed by atoms with van der Waals surface area (Å²) in [4.78, 5) is 28.6. The van der Waals surface area contributed by atoms with Crippen molar-refractivity contribution in [2.75, 3.05) is 13.7 Å². The third-order valence-electron chi connectivity index (χ3n) is 4.68. The molecular weight excluding hydrogens is 389 g/mol. The van der Waals surface area contributed by atoms with Gasteiger partial charge < -0.3 is 14.6 Å². The molecule has 0 unspecified atom stereocenters. The largest absolute Gasteiger partial charge is 0.490 e. The number of hydrogen-bond donors (Lipinski definition) is 1. The highest BCUT2D eigenvalue weighted by Crippen LogP contribution is 2.33. The van der Waals surface area contributed by atoms with Gasteiger partial charge in [0.1, 0.15) is 16.9 Å². The van der Waals surface area contributed by atoms with Crippen LogP contribution in [0.5, 0.6) is 5.75 Å². The lowest BCUT2D eigenvalue weighted by atomic mass is 9.99. The van der Waals surface area contributed by atoms with E-state index < -0.39 is 11.9 Å². The Labute approximate surface area is 173 Å². The van der Waals surface area contributed by atoms with Gasteiger partial charge >= 0.3 is 11.9 Å². The lowest BCUT2D eigenvalue weighted by molar-refractivity contribution is 0.0596. The number of fused-ring (bicyclic) bond motifs is 1. The van der Waals surface area contributed by atoms with E-state index in [1.54, 1.807) is 24.4 Å². The van der Waals surface area contributed by atoms with E-state index in [0.29, 0.717) is 18.4 Å². The maximum Gasteiger partial charge on any atom is 0.341 e. The van der Waals surface area contributed by atoms with Gasteiger partial charge in [-0.05, 0) is 48.2 Å². The minimum atomic E-state index is -1.19. The second-order valence-corrected chi connectivity index (χ2v) is 6.84. The lowest BCUT2D eigenvalue weighted by Crippen LogP contribution is -2.11. The summed E-state index contributed by atoms with van der Waals surface area (Å²) in [7, 11) is 1.22. The van der Waals surface area contributed by atoms with Gasteiger partial charge in [0, 0.05) is 11.6 Å². The van der Waals surface area contributed by atoms with Gasteiger partial charge in [0.2, 0.25) is 0 Å². The number of ether oxygens (including phenoxy) is 2. The highest BCUT2D eigenvalue weighted by Gasteiger charge is 2.23. The van der Waals surface area contributed by atoms with Crippen LogP contribution in [0.25, 0.3) is 10.9 Å². The summed E-state index contributed by atoms with van der Waals surface area (Å²) in [6.45, 7) is 2.37. The zero-order chi connectivity index (χ0) is 21.7. The molecule has 1 aromatic heterocycles. The Morgan fingerprint density at radius 2 is 1.83 bits per heavy atom. The van der Waals surface area contributed by atoms with Crippen LogP contribution in [0.15, 0.2) is 42.6 Å². The normalized spacial score (nSPS) is 10.8. The Balaban J connectivity index is 2.13. The predicted molar refractivity (Wildman–Crippen MR) is 110 cm³/mol. The molecule has 0 saturated carbocycles. The molecule has 156 valence electrons. The van der Waals surface area contributed by atoms with Crippen molar-refractivity contribution in [3.05, 3.63) is 70.7 Å². The number of nitrogens with zero attached hydrogens (tertiary/aromatic N) is 1. The number of benzene rings is 2. The van der Waals surface area contributed by atoms with Gasteiger partial charge in [-0.3, -0.25) is 4.98 Å². The molecule has 7 heteroatoms. The third-order valence-corrected chi connectivity index (χ3v) is 4.68. The van der Waals surface area contributed by atoms with Crippen LogP contribution in [0.3, 0.4) is 0 Å². The fourth-order valence-corrected chi connectivity index (χ4v) is 3.15. The topological polar surface area (TPSA) is 85.7 Å². The standard InChI is InChI=1S/C23H22FNO5/c1-3-4-9-30-21-19(23(28)29-2)12-18(22(26)27)17-11-15(13-25-20(17)21)10-14-5-7-16(24)8-6-14/h5-8,11-13H,3-4,9-10H2,1-2H3,(H,26,27). The molecule has 0 fully saturated rings. The van der Waals surface area contributed by atoms with Crippen LogP contribution in [-0.4, -0.2) is 35.7 Å². The van der Waals surface area contributed by atoms with Gasteiger partial charge in [0.25, 0.3) is 0 Å². The average Bonchev–Trinajstić information content (AvgIpc) is 2.74. The zero-order valence-corrected chi connectivity index (χ0v) is 16.8. The van der Waals surface area contributed by atoms with Crippen LogP contribution in [0.2, 0.25) is 0 Å². The smallest absolute Gasteiger partial charge is 0.341 e. The van der Waals surface area contributed by atoms with E-state index in [1.165, 1.54) is 25.3 Å². The number of aromatic carboxylic acids is 1. The molecule has 30 heavy (non-hydrogen) atoms. The molecular formula is C23H22FNO5. The molecule has 0 radical (unpaired) electrons. The molecule has 0 aliphatic carbocycles. The molecule has 0 atom stereocenters. The van der Waals surface area contributed by atoms with Crippen LogP contribution in [0, 0.1) is 5.82 Å². The Morgan fingerprint density at radius 3 is 2.47 bits per heavy atom. The predicted octanol–water partition coefficient (Wildman–Crippen LogP) is 4.63. The summed E-state index contributed by atoms with van der Waals surface area (Å²) < 4.78 is 23.8. The number of aromatic nitrogens is 1. The van der Waals surface area contributed by atoms with E-state index in [-0.39, 0.29) is 28.2 Å². The van der Waals surface area contributed by atoms with E-state index in [9.17, 15) is 19.1 Å². The van der Waals surface area contributed by atoms with Crippen LogP contribution in [0.1, 0.15) is 51.6 Å². The van der Waals surface area contributed by atoms with Crippen molar-refractivity contribution >= 4 is 22.8 Å². The zero-order valence-electron chi connectivity index (χ0n) is 16.8. The first kappa shape index (κ1) is 21.2. The molecule has 0 amide bonds. The number of esters is 1. The summed E-state index contributed by atoms with van der Waals surface area (Å²) >= 11 is 0. The maximum atomic E-state index is 13.2. The molecule has 0 bridgehead atoms. The van der Waals surface area contributed by atoms with Gasteiger partial charge in [-0.25, -0.2) is 14.0 Å².